The lowest BCUT2D eigenvalue weighted by molar-refractivity contribution is 0.00369. The van der Waals surface area contributed by atoms with E-state index >= 15 is 0 Å². The Hall–Kier alpha value is -0.410. The van der Waals surface area contributed by atoms with E-state index in [2.05, 4.69) is 32.5 Å². The molecule has 2 atom stereocenters. The van der Waals surface area contributed by atoms with E-state index < -0.39 is 0 Å². The summed E-state index contributed by atoms with van der Waals surface area (Å²) in [6.45, 7) is 5.68. The van der Waals surface area contributed by atoms with Gasteiger partial charge in [0.2, 0.25) is 0 Å². The van der Waals surface area contributed by atoms with Crippen molar-refractivity contribution in [2.75, 3.05) is 20.6 Å². The normalized spacial score (nSPS) is 24.9. The van der Waals surface area contributed by atoms with Gasteiger partial charge in [-0.3, -0.25) is 4.99 Å². The fraction of sp³-hybridized carbons (Fsp3) is 0.750. The SMILES string of the molecule is CN=C(NCC1(C)CCCCC1O)N(C)Cc1csc(C)n1.I. The summed E-state index contributed by atoms with van der Waals surface area (Å²) in [5.41, 5.74) is 1.00. The second-order valence-corrected chi connectivity index (χ2v) is 7.59. The number of guanidine groups is 1. The Kier molecular flexibility index (Phi) is 8.23. The van der Waals surface area contributed by atoms with Crippen molar-refractivity contribution >= 4 is 41.3 Å². The van der Waals surface area contributed by atoms with Crippen molar-refractivity contribution in [1.82, 2.24) is 15.2 Å². The number of nitrogens with zero attached hydrogens (tertiary/aromatic N) is 3. The van der Waals surface area contributed by atoms with Gasteiger partial charge in [-0.2, -0.15) is 0 Å². The van der Waals surface area contributed by atoms with Crippen molar-refractivity contribution in [3.05, 3.63) is 16.1 Å². The first-order chi connectivity index (χ1) is 10.4. The molecule has 1 aromatic heterocycles. The van der Waals surface area contributed by atoms with Crippen LogP contribution in [0.3, 0.4) is 0 Å². The molecule has 0 spiro atoms. The Labute approximate surface area is 160 Å². The largest absolute Gasteiger partial charge is 0.392 e. The molecule has 1 aliphatic rings. The van der Waals surface area contributed by atoms with Crippen LogP contribution in [0.25, 0.3) is 0 Å². The van der Waals surface area contributed by atoms with Gasteiger partial charge in [0.1, 0.15) is 0 Å². The van der Waals surface area contributed by atoms with Crippen LogP contribution < -0.4 is 5.32 Å². The average Bonchev–Trinajstić information content (AvgIpc) is 2.88. The van der Waals surface area contributed by atoms with E-state index in [9.17, 15) is 5.11 Å². The lowest BCUT2D eigenvalue weighted by Gasteiger charge is -2.39. The lowest BCUT2D eigenvalue weighted by atomic mass is 9.73. The highest BCUT2D eigenvalue weighted by molar-refractivity contribution is 14.0. The topological polar surface area (TPSA) is 60.8 Å². The number of aliphatic hydroxyl groups excluding tert-OH is 1. The van der Waals surface area contributed by atoms with Crippen molar-refractivity contribution in [2.24, 2.45) is 10.4 Å². The Balaban J connectivity index is 0.00000264. The molecule has 0 aliphatic heterocycles. The molecule has 1 saturated carbocycles. The minimum Gasteiger partial charge on any atom is -0.392 e. The van der Waals surface area contributed by atoms with Gasteiger partial charge in [-0.25, -0.2) is 4.98 Å². The zero-order valence-electron chi connectivity index (χ0n) is 14.5. The molecule has 0 radical (unpaired) electrons. The van der Waals surface area contributed by atoms with Crippen LogP contribution >= 0.6 is 35.3 Å². The third-order valence-corrected chi connectivity index (χ3v) is 5.39. The van der Waals surface area contributed by atoms with Crippen molar-refractivity contribution in [2.45, 2.75) is 52.2 Å². The van der Waals surface area contributed by atoms with Crippen LogP contribution in [0.4, 0.5) is 0 Å². The minimum atomic E-state index is -0.224. The van der Waals surface area contributed by atoms with E-state index in [1.807, 2.05) is 14.0 Å². The predicted octanol–water partition coefficient (Wildman–Crippen LogP) is 3.02. The third-order valence-electron chi connectivity index (χ3n) is 4.57. The number of halogens is 1. The number of aromatic nitrogens is 1. The van der Waals surface area contributed by atoms with E-state index in [1.54, 1.807) is 18.4 Å². The molecule has 1 aliphatic carbocycles. The first-order valence-corrected chi connectivity index (χ1v) is 8.83. The third kappa shape index (κ3) is 5.56. The summed E-state index contributed by atoms with van der Waals surface area (Å²) in [6.07, 6.45) is 4.08. The minimum absolute atomic E-state index is 0. The van der Waals surface area contributed by atoms with Crippen molar-refractivity contribution in [3.63, 3.8) is 0 Å². The van der Waals surface area contributed by atoms with Gasteiger partial charge in [-0.15, -0.1) is 35.3 Å². The monoisotopic (exact) mass is 452 g/mol. The zero-order valence-corrected chi connectivity index (χ0v) is 17.6. The molecule has 1 heterocycles. The molecule has 1 fully saturated rings. The molecule has 7 heteroatoms. The maximum atomic E-state index is 10.3. The molecule has 0 bridgehead atoms. The Bertz CT molecular complexity index is 522. The number of thiazole rings is 1. The van der Waals surface area contributed by atoms with Gasteiger partial charge in [0, 0.05) is 31.4 Å². The highest BCUT2D eigenvalue weighted by atomic mass is 127. The van der Waals surface area contributed by atoms with Crippen LogP contribution in [0.2, 0.25) is 0 Å². The van der Waals surface area contributed by atoms with E-state index in [0.29, 0.717) is 0 Å². The quantitative estimate of drug-likeness (QED) is 0.419. The maximum Gasteiger partial charge on any atom is 0.193 e. The molecule has 5 nitrogen and oxygen atoms in total. The molecule has 2 rings (SSSR count). The summed E-state index contributed by atoms with van der Waals surface area (Å²) in [4.78, 5) is 10.9. The van der Waals surface area contributed by atoms with Gasteiger partial charge in [-0.05, 0) is 19.8 Å². The van der Waals surface area contributed by atoms with E-state index in [4.69, 9.17) is 0 Å². The number of hydrogen-bond donors (Lipinski definition) is 2. The van der Waals surface area contributed by atoms with Gasteiger partial charge >= 0.3 is 0 Å². The van der Waals surface area contributed by atoms with Crippen LogP contribution in [0, 0.1) is 12.3 Å². The molecule has 0 saturated heterocycles. The molecule has 0 aromatic carbocycles. The van der Waals surface area contributed by atoms with Crippen LogP contribution in [-0.4, -0.2) is 47.7 Å². The van der Waals surface area contributed by atoms with E-state index in [0.717, 1.165) is 49.0 Å². The first-order valence-electron chi connectivity index (χ1n) is 7.95. The number of aliphatic hydroxyl groups is 1. The Morgan fingerprint density at radius 3 is 2.87 bits per heavy atom. The number of nitrogens with one attached hydrogen (secondary N) is 1. The summed E-state index contributed by atoms with van der Waals surface area (Å²) in [7, 11) is 3.81. The van der Waals surface area contributed by atoms with Gasteiger partial charge in [-0.1, -0.05) is 19.8 Å². The summed E-state index contributed by atoms with van der Waals surface area (Å²) < 4.78 is 0. The number of hydrogen-bond acceptors (Lipinski definition) is 4. The maximum absolute atomic E-state index is 10.3. The molecule has 2 N–H and O–H groups in total. The van der Waals surface area contributed by atoms with Crippen molar-refractivity contribution in [1.29, 1.82) is 0 Å². The van der Waals surface area contributed by atoms with Crippen molar-refractivity contribution in [3.8, 4) is 0 Å². The van der Waals surface area contributed by atoms with Gasteiger partial charge in [0.05, 0.1) is 23.4 Å². The van der Waals surface area contributed by atoms with Gasteiger partial charge < -0.3 is 15.3 Å². The smallest absolute Gasteiger partial charge is 0.193 e. The fourth-order valence-corrected chi connectivity index (χ4v) is 3.66. The summed E-state index contributed by atoms with van der Waals surface area (Å²) in [5.74, 6) is 0.852. The Morgan fingerprint density at radius 2 is 2.30 bits per heavy atom. The molecular weight excluding hydrogens is 423 g/mol. The zero-order chi connectivity index (χ0) is 16.2. The summed E-state index contributed by atoms with van der Waals surface area (Å²) >= 11 is 1.67. The van der Waals surface area contributed by atoms with Gasteiger partial charge in [0.15, 0.2) is 5.96 Å². The number of rotatable bonds is 4. The molecular formula is C16H29IN4OS. The standard InChI is InChI=1S/C16H28N4OS.HI/c1-12-19-13(10-22-12)9-20(4)15(17-3)18-11-16(2)8-6-5-7-14(16)21;/h10,14,21H,5-9,11H2,1-4H3,(H,17,18);1H. The number of aliphatic imine (C=N–C) groups is 1. The van der Waals surface area contributed by atoms with E-state index in [-0.39, 0.29) is 35.5 Å². The summed E-state index contributed by atoms with van der Waals surface area (Å²) in [5, 5.41) is 16.9. The number of aryl methyl sites for hydroxylation is 1. The molecule has 0 amide bonds. The molecule has 132 valence electrons. The van der Waals surface area contributed by atoms with Crippen LogP contribution in [0.5, 0.6) is 0 Å². The molecule has 2 unspecified atom stereocenters. The molecule has 23 heavy (non-hydrogen) atoms. The van der Waals surface area contributed by atoms with Crippen LogP contribution in [-0.2, 0) is 6.54 Å². The predicted molar refractivity (Wildman–Crippen MR) is 108 cm³/mol. The van der Waals surface area contributed by atoms with E-state index in [1.165, 1.54) is 6.42 Å². The Morgan fingerprint density at radius 1 is 1.57 bits per heavy atom. The highest BCUT2D eigenvalue weighted by Crippen LogP contribution is 2.35. The average molecular weight is 452 g/mol. The fourth-order valence-electron chi connectivity index (χ4n) is 3.05. The molecule has 1 aromatic rings. The van der Waals surface area contributed by atoms with Gasteiger partial charge in [0.25, 0.3) is 0 Å². The summed E-state index contributed by atoms with van der Waals surface area (Å²) in [6, 6.07) is 0. The van der Waals surface area contributed by atoms with Crippen LogP contribution in [0.15, 0.2) is 10.4 Å². The van der Waals surface area contributed by atoms with Crippen LogP contribution in [0.1, 0.15) is 43.3 Å². The van der Waals surface area contributed by atoms with Crippen molar-refractivity contribution < 1.29 is 5.11 Å². The second-order valence-electron chi connectivity index (χ2n) is 6.53. The highest BCUT2D eigenvalue weighted by Gasteiger charge is 2.35. The second kappa shape index (κ2) is 9.17. The lowest BCUT2D eigenvalue weighted by Crippen LogP contribution is -2.48. The first kappa shape index (κ1) is 20.6.